The van der Waals surface area contributed by atoms with Gasteiger partial charge >= 0.3 is 0 Å². The van der Waals surface area contributed by atoms with Gasteiger partial charge in [0.15, 0.2) is 5.13 Å². The van der Waals surface area contributed by atoms with Gasteiger partial charge in [0.2, 0.25) is 0 Å². The zero-order valence-electron chi connectivity index (χ0n) is 9.56. The minimum absolute atomic E-state index is 0.793. The molecule has 0 atom stereocenters. The van der Waals surface area contributed by atoms with Gasteiger partial charge in [0.1, 0.15) is 0 Å². The van der Waals surface area contributed by atoms with Gasteiger partial charge in [0.25, 0.3) is 0 Å². The second-order valence-electron chi connectivity index (χ2n) is 4.89. The van der Waals surface area contributed by atoms with E-state index in [1.54, 1.807) is 11.3 Å². The number of hydrogen-bond acceptors (Lipinski definition) is 4. The zero-order chi connectivity index (χ0) is 10.8. The van der Waals surface area contributed by atoms with Crippen molar-refractivity contribution in [3.05, 3.63) is 11.6 Å². The highest BCUT2D eigenvalue weighted by Crippen LogP contribution is 2.34. The lowest BCUT2D eigenvalue weighted by molar-refractivity contribution is 0.372. The van der Waals surface area contributed by atoms with Crippen molar-refractivity contribution in [2.75, 3.05) is 24.5 Å². The molecule has 0 unspecified atom stereocenters. The number of nitrogens with zero attached hydrogens (tertiary/aromatic N) is 2. The molecule has 2 heterocycles. The third-order valence-electron chi connectivity index (χ3n) is 3.57. The van der Waals surface area contributed by atoms with Crippen molar-refractivity contribution >= 4 is 16.5 Å². The number of rotatable bonds is 4. The van der Waals surface area contributed by atoms with Crippen molar-refractivity contribution in [1.29, 1.82) is 0 Å². The molecule has 3 nitrogen and oxygen atoms in total. The molecule has 16 heavy (non-hydrogen) atoms. The van der Waals surface area contributed by atoms with Crippen LogP contribution in [0.3, 0.4) is 0 Å². The summed E-state index contributed by atoms with van der Waals surface area (Å²) in [6, 6.07) is 0.793. The minimum Gasteiger partial charge on any atom is -0.345 e. The average molecular weight is 237 g/mol. The van der Waals surface area contributed by atoms with Gasteiger partial charge in [-0.2, -0.15) is 0 Å². The van der Waals surface area contributed by atoms with Crippen molar-refractivity contribution in [2.45, 2.75) is 31.7 Å². The predicted octanol–water partition coefficient (Wildman–Crippen LogP) is 2.11. The Morgan fingerprint density at radius 2 is 2.12 bits per heavy atom. The second-order valence-corrected chi connectivity index (χ2v) is 5.76. The summed E-state index contributed by atoms with van der Waals surface area (Å²) >= 11 is 1.79. The fraction of sp³-hybridized carbons (Fsp3) is 0.750. The zero-order valence-corrected chi connectivity index (χ0v) is 10.4. The molecule has 0 spiro atoms. The van der Waals surface area contributed by atoms with E-state index in [1.165, 1.54) is 50.4 Å². The van der Waals surface area contributed by atoms with E-state index in [-0.39, 0.29) is 0 Å². The lowest BCUT2D eigenvalue weighted by Gasteiger charge is -2.30. The molecule has 2 aliphatic rings. The van der Waals surface area contributed by atoms with E-state index in [1.807, 2.05) is 6.20 Å². The third-order valence-corrected chi connectivity index (χ3v) is 4.37. The van der Waals surface area contributed by atoms with Crippen molar-refractivity contribution in [3.63, 3.8) is 0 Å². The average Bonchev–Trinajstić information content (AvgIpc) is 3.02. The Bertz CT molecular complexity index is 315. The maximum Gasteiger partial charge on any atom is 0.185 e. The molecule has 0 amide bonds. The Morgan fingerprint density at radius 1 is 1.31 bits per heavy atom. The molecule has 1 aliphatic heterocycles. The van der Waals surface area contributed by atoms with Gasteiger partial charge in [-0.1, -0.05) is 0 Å². The summed E-state index contributed by atoms with van der Waals surface area (Å²) in [7, 11) is 0. The standard InChI is InChI=1S/C12H19N3S/c1-2-11(1)15(12-14-7-8-16-12)9-10-3-5-13-6-4-10/h7-8,10-11,13H,1-6,9H2. The third kappa shape index (κ3) is 2.38. The fourth-order valence-electron chi connectivity index (χ4n) is 2.47. The summed E-state index contributed by atoms with van der Waals surface area (Å²) in [4.78, 5) is 7.03. The Kier molecular flexibility index (Phi) is 3.11. The number of hydrogen-bond donors (Lipinski definition) is 1. The van der Waals surface area contributed by atoms with Crippen molar-refractivity contribution in [2.24, 2.45) is 5.92 Å². The number of thiazole rings is 1. The predicted molar refractivity (Wildman–Crippen MR) is 68.1 cm³/mol. The highest BCUT2D eigenvalue weighted by molar-refractivity contribution is 7.13. The van der Waals surface area contributed by atoms with Crippen LogP contribution in [-0.2, 0) is 0 Å². The first-order valence-corrected chi connectivity index (χ1v) is 7.18. The monoisotopic (exact) mass is 237 g/mol. The summed E-state index contributed by atoms with van der Waals surface area (Å²) in [5, 5.41) is 6.76. The number of anilines is 1. The highest BCUT2D eigenvalue weighted by Gasteiger charge is 2.32. The first kappa shape index (κ1) is 10.5. The summed E-state index contributed by atoms with van der Waals surface area (Å²) in [5.41, 5.74) is 0. The quantitative estimate of drug-likeness (QED) is 0.869. The molecule has 0 aromatic carbocycles. The Morgan fingerprint density at radius 3 is 2.75 bits per heavy atom. The first-order valence-electron chi connectivity index (χ1n) is 6.30. The van der Waals surface area contributed by atoms with Crippen LogP contribution in [0, 0.1) is 5.92 Å². The summed E-state index contributed by atoms with van der Waals surface area (Å²) in [6.45, 7) is 3.61. The van der Waals surface area contributed by atoms with Crippen LogP contribution < -0.4 is 10.2 Å². The Hall–Kier alpha value is -0.610. The van der Waals surface area contributed by atoms with E-state index in [0.29, 0.717) is 0 Å². The maximum atomic E-state index is 4.47. The molecule has 1 aliphatic carbocycles. The molecule has 3 rings (SSSR count). The fourth-order valence-corrected chi connectivity index (χ4v) is 3.19. The Balaban J connectivity index is 1.64. The van der Waals surface area contributed by atoms with Crippen LogP contribution in [0.5, 0.6) is 0 Å². The maximum absolute atomic E-state index is 4.47. The van der Waals surface area contributed by atoms with Gasteiger partial charge in [0.05, 0.1) is 0 Å². The van der Waals surface area contributed by atoms with Gasteiger partial charge in [-0.3, -0.25) is 0 Å². The second kappa shape index (κ2) is 4.72. The van der Waals surface area contributed by atoms with Crippen LogP contribution in [0.1, 0.15) is 25.7 Å². The molecule has 4 heteroatoms. The lowest BCUT2D eigenvalue weighted by atomic mass is 9.97. The first-order chi connectivity index (χ1) is 7.93. The molecule has 0 radical (unpaired) electrons. The van der Waals surface area contributed by atoms with E-state index >= 15 is 0 Å². The van der Waals surface area contributed by atoms with Crippen molar-refractivity contribution in [3.8, 4) is 0 Å². The van der Waals surface area contributed by atoms with Crippen LogP contribution in [-0.4, -0.2) is 30.7 Å². The van der Waals surface area contributed by atoms with Crippen LogP contribution in [0.25, 0.3) is 0 Å². The normalized spacial score (nSPS) is 22.2. The van der Waals surface area contributed by atoms with E-state index in [4.69, 9.17) is 0 Å². The number of aromatic nitrogens is 1. The molecule has 1 N–H and O–H groups in total. The van der Waals surface area contributed by atoms with Crippen molar-refractivity contribution in [1.82, 2.24) is 10.3 Å². The van der Waals surface area contributed by atoms with E-state index in [9.17, 15) is 0 Å². The topological polar surface area (TPSA) is 28.2 Å². The minimum atomic E-state index is 0.793. The largest absolute Gasteiger partial charge is 0.345 e. The molecule has 88 valence electrons. The highest BCUT2D eigenvalue weighted by atomic mass is 32.1. The summed E-state index contributed by atoms with van der Waals surface area (Å²) < 4.78 is 0. The molecule has 1 aromatic rings. The van der Waals surface area contributed by atoms with Crippen LogP contribution in [0.2, 0.25) is 0 Å². The van der Waals surface area contributed by atoms with Gasteiger partial charge in [-0.15, -0.1) is 11.3 Å². The van der Waals surface area contributed by atoms with Gasteiger partial charge < -0.3 is 10.2 Å². The summed E-state index contributed by atoms with van der Waals surface area (Å²) in [6.07, 6.45) is 7.32. The molecule has 2 fully saturated rings. The SMILES string of the molecule is c1csc(N(CC2CCNCC2)C2CC2)n1. The van der Waals surface area contributed by atoms with Crippen LogP contribution >= 0.6 is 11.3 Å². The van der Waals surface area contributed by atoms with Crippen LogP contribution in [0.4, 0.5) is 5.13 Å². The molecule has 1 saturated heterocycles. The smallest absolute Gasteiger partial charge is 0.185 e. The van der Waals surface area contributed by atoms with Gasteiger partial charge in [-0.25, -0.2) is 4.98 Å². The summed E-state index contributed by atoms with van der Waals surface area (Å²) in [5.74, 6) is 0.866. The van der Waals surface area contributed by atoms with Crippen molar-refractivity contribution < 1.29 is 0 Å². The molecular formula is C12H19N3S. The molecular weight excluding hydrogens is 218 g/mol. The van der Waals surface area contributed by atoms with E-state index in [2.05, 4.69) is 20.6 Å². The van der Waals surface area contributed by atoms with Crippen LogP contribution in [0.15, 0.2) is 11.6 Å². The molecule has 1 saturated carbocycles. The molecule has 0 bridgehead atoms. The van der Waals surface area contributed by atoms with Gasteiger partial charge in [-0.05, 0) is 44.7 Å². The number of piperidine rings is 1. The van der Waals surface area contributed by atoms with E-state index < -0.39 is 0 Å². The van der Waals surface area contributed by atoms with E-state index in [0.717, 1.165) is 12.0 Å². The van der Waals surface area contributed by atoms with Gasteiger partial charge in [0, 0.05) is 24.2 Å². The number of nitrogens with one attached hydrogen (secondary N) is 1. The lowest BCUT2D eigenvalue weighted by Crippen LogP contribution is -2.37. The Labute approximate surface area is 101 Å². The molecule has 1 aromatic heterocycles.